The summed E-state index contributed by atoms with van der Waals surface area (Å²) < 4.78 is 39.8. The van der Waals surface area contributed by atoms with E-state index in [4.69, 9.17) is 0 Å². The highest BCUT2D eigenvalue weighted by Crippen LogP contribution is 2.30. The summed E-state index contributed by atoms with van der Waals surface area (Å²) in [6, 6.07) is 9.17. The van der Waals surface area contributed by atoms with Crippen molar-refractivity contribution in [2.24, 2.45) is 0 Å². The molecule has 4 rings (SSSR count). The van der Waals surface area contributed by atoms with E-state index in [1.54, 1.807) is 0 Å². The van der Waals surface area contributed by atoms with Crippen LogP contribution in [0.25, 0.3) is 16.6 Å². The molecular weight excluding hydrogens is 359 g/mol. The number of fused-ring (bicyclic) bond motifs is 1. The molecule has 8 heteroatoms. The summed E-state index contributed by atoms with van der Waals surface area (Å²) >= 11 is 0. The zero-order valence-corrected chi connectivity index (χ0v) is 14.0. The van der Waals surface area contributed by atoms with Crippen molar-refractivity contribution >= 4 is 16.8 Å². The Kier molecular flexibility index (Phi) is 3.98. The molecule has 1 saturated carbocycles. The molecule has 27 heavy (non-hydrogen) atoms. The maximum atomic E-state index is 12.9. The number of amides is 1. The third-order valence-electron chi connectivity index (χ3n) is 4.39. The summed E-state index contributed by atoms with van der Waals surface area (Å²) in [4.78, 5) is 29.0. The number of rotatable bonds is 3. The standard InChI is InChI=1S/C19H14F3N3O2/c20-19(21,22)12-2-1-3-14(9-12)25-10-23-16-8-11(4-7-15(16)18(25)27)17(26)24-13-5-6-13/h1-4,7-10,13H,5-6H2,(H,24,26). The predicted molar refractivity (Wildman–Crippen MR) is 92.8 cm³/mol. The smallest absolute Gasteiger partial charge is 0.349 e. The summed E-state index contributed by atoms with van der Waals surface area (Å²) in [6.07, 6.45) is -1.42. The molecule has 1 heterocycles. The van der Waals surface area contributed by atoms with E-state index in [0.717, 1.165) is 29.5 Å². The van der Waals surface area contributed by atoms with Crippen LogP contribution in [0.15, 0.2) is 53.6 Å². The Morgan fingerprint density at radius 3 is 2.63 bits per heavy atom. The van der Waals surface area contributed by atoms with Gasteiger partial charge in [0.2, 0.25) is 0 Å². The molecule has 5 nitrogen and oxygen atoms in total. The molecular formula is C19H14F3N3O2. The number of carbonyl (C=O) groups is 1. The first kappa shape index (κ1) is 17.3. The Hall–Kier alpha value is -3.16. The number of alkyl halides is 3. The fourth-order valence-corrected chi connectivity index (χ4v) is 2.78. The van der Waals surface area contributed by atoms with Gasteiger partial charge in [0, 0.05) is 11.6 Å². The van der Waals surface area contributed by atoms with Gasteiger partial charge in [0.15, 0.2) is 0 Å². The largest absolute Gasteiger partial charge is 0.416 e. The van der Waals surface area contributed by atoms with Gasteiger partial charge in [-0.15, -0.1) is 0 Å². The molecule has 0 unspecified atom stereocenters. The van der Waals surface area contributed by atoms with E-state index in [-0.39, 0.29) is 23.0 Å². The minimum absolute atomic E-state index is 0.0692. The number of hydrogen-bond acceptors (Lipinski definition) is 3. The van der Waals surface area contributed by atoms with E-state index in [1.807, 2.05) is 0 Å². The highest BCUT2D eigenvalue weighted by Gasteiger charge is 2.30. The van der Waals surface area contributed by atoms with Crippen LogP contribution in [0.1, 0.15) is 28.8 Å². The average molecular weight is 373 g/mol. The van der Waals surface area contributed by atoms with E-state index in [1.165, 1.54) is 36.7 Å². The lowest BCUT2D eigenvalue weighted by molar-refractivity contribution is -0.137. The zero-order valence-electron chi connectivity index (χ0n) is 14.0. The second-order valence-electron chi connectivity index (χ2n) is 6.45. The van der Waals surface area contributed by atoms with Gasteiger partial charge in [-0.05, 0) is 49.2 Å². The highest BCUT2D eigenvalue weighted by atomic mass is 19.4. The third kappa shape index (κ3) is 3.42. The predicted octanol–water partition coefficient (Wildman–Crippen LogP) is 3.30. The Labute approximate surface area is 151 Å². The fraction of sp³-hybridized carbons (Fsp3) is 0.211. The SMILES string of the molecule is O=C(NC1CC1)c1ccc2c(=O)n(-c3cccc(C(F)(F)F)c3)cnc2c1. The molecule has 138 valence electrons. The molecule has 1 N–H and O–H groups in total. The van der Waals surface area contributed by atoms with Crippen molar-refractivity contribution in [3.05, 3.63) is 70.3 Å². The van der Waals surface area contributed by atoms with Crippen LogP contribution in [0.2, 0.25) is 0 Å². The van der Waals surface area contributed by atoms with Crippen LogP contribution in [0.4, 0.5) is 13.2 Å². The first-order chi connectivity index (χ1) is 12.8. The van der Waals surface area contributed by atoms with Gasteiger partial charge in [-0.3, -0.25) is 14.2 Å². The van der Waals surface area contributed by atoms with Crippen molar-refractivity contribution in [2.75, 3.05) is 0 Å². The molecule has 0 aliphatic heterocycles. The fourth-order valence-electron chi connectivity index (χ4n) is 2.78. The number of benzene rings is 2. The third-order valence-corrected chi connectivity index (χ3v) is 4.39. The molecule has 1 fully saturated rings. The highest BCUT2D eigenvalue weighted by molar-refractivity contribution is 5.97. The van der Waals surface area contributed by atoms with Crippen molar-refractivity contribution in [3.8, 4) is 5.69 Å². The van der Waals surface area contributed by atoms with Gasteiger partial charge in [-0.25, -0.2) is 4.98 Å². The van der Waals surface area contributed by atoms with Gasteiger partial charge in [0.1, 0.15) is 6.33 Å². The van der Waals surface area contributed by atoms with Crippen molar-refractivity contribution in [1.82, 2.24) is 14.9 Å². The first-order valence-electron chi connectivity index (χ1n) is 8.33. The van der Waals surface area contributed by atoms with Crippen LogP contribution in [0.5, 0.6) is 0 Å². The second-order valence-corrected chi connectivity index (χ2v) is 6.45. The Bertz CT molecular complexity index is 1100. The van der Waals surface area contributed by atoms with Crippen LogP contribution in [0, 0.1) is 0 Å². The summed E-state index contributed by atoms with van der Waals surface area (Å²) in [6.45, 7) is 0. The van der Waals surface area contributed by atoms with E-state index < -0.39 is 17.3 Å². The number of carbonyl (C=O) groups excluding carboxylic acids is 1. The molecule has 1 aliphatic rings. The molecule has 1 aliphatic carbocycles. The lowest BCUT2D eigenvalue weighted by Crippen LogP contribution is -2.25. The molecule has 0 bridgehead atoms. The second kappa shape index (κ2) is 6.22. The molecule has 0 saturated heterocycles. The van der Waals surface area contributed by atoms with Crippen LogP contribution >= 0.6 is 0 Å². The van der Waals surface area contributed by atoms with Crippen LogP contribution < -0.4 is 10.9 Å². The zero-order chi connectivity index (χ0) is 19.2. The maximum Gasteiger partial charge on any atom is 0.416 e. The topological polar surface area (TPSA) is 64.0 Å². The van der Waals surface area contributed by atoms with Crippen molar-refractivity contribution < 1.29 is 18.0 Å². The van der Waals surface area contributed by atoms with Gasteiger partial charge < -0.3 is 5.32 Å². The van der Waals surface area contributed by atoms with Crippen molar-refractivity contribution in [2.45, 2.75) is 25.1 Å². The lowest BCUT2D eigenvalue weighted by atomic mass is 10.1. The minimum Gasteiger partial charge on any atom is -0.349 e. The molecule has 1 aromatic heterocycles. The van der Waals surface area contributed by atoms with Gasteiger partial charge in [0.25, 0.3) is 11.5 Å². The number of hydrogen-bond donors (Lipinski definition) is 1. The molecule has 3 aromatic rings. The number of halogens is 3. The van der Waals surface area contributed by atoms with Crippen LogP contribution in [-0.2, 0) is 6.18 Å². The van der Waals surface area contributed by atoms with E-state index >= 15 is 0 Å². The maximum absolute atomic E-state index is 12.9. The summed E-state index contributed by atoms with van der Waals surface area (Å²) in [7, 11) is 0. The lowest BCUT2D eigenvalue weighted by Gasteiger charge is -2.11. The van der Waals surface area contributed by atoms with Gasteiger partial charge >= 0.3 is 6.18 Å². The van der Waals surface area contributed by atoms with E-state index in [0.29, 0.717) is 11.1 Å². The molecule has 0 radical (unpaired) electrons. The average Bonchev–Trinajstić information content (AvgIpc) is 3.45. The van der Waals surface area contributed by atoms with Crippen LogP contribution in [-0.4, -0.2) is 21.5 Å². The number of aromatic nitrogens is 2. The molecule has 0 atom stereocenters. The normalized spacial score (nSPS) is 14.3. The summed E-state index contributed by atoms with van der Waals surface area (Å²) in [5.41, 5.74) is -0.586. The monoisotopic (exact) mass is 373 g/mol. The quantitative estimate of drug-likeness (QED) is 0.766. The summed E-state index contributed by atoms with van der Waals surface area (Å²) in [5.74, 6) is -0.233. The molecule has 1 amide bonds. The first-order valence-corrected chi connectivity index (χ1v) is 8.33. The minimum atomic E-state index is -4.51. The number of nitrogens with one attached hydrogen (secondary N) is 1. The molecule has 0 spiro atoms. The Morgan fingerprint density at radius 2 is 1.93 bits per heavy atom. The van der Waals surface area contributed by atoms with E-state index in [2.05, 4.69) is 10.3 Å². The summed E-state index contributed by atoms with van der Waals surface area (Å²) in [5, 5.41) is 3.07. The van der Waals surface area contributed by atoms with Gasteiger partial charge in [0.05, 0.1) is 22.2 Å². The van der Waals surface area contributed by atoms with Gasteiger partial charge in [-0.2, -0.15) is 13.2 Å². The van der Waals surface area contributed by atoms with Gasteiger partial charge in [-0.1, -0.05) is 6.07 Å². The molecule has 2 aromatic carbocycles. The Balaban J connectivity index is 1.74. The van der Waals surface area contributed by atoms with Crippen molar-refractivity contribution in [3.63, 3.8) is 0 Å². The van der Waals surface area contributed by atoms with Crippen LogP contribution in [0.3, 0.4) is 0 Å². The van der Waals surface area contributed by atoms with Crippen molar-refractivity contribution in [1.29, 1.82) is 0 Å². The number of nitrogens with zero attached hydrogens (tertiary/aromatic N) is 2. The Morgan fingerprint density at radius 1 is 1.15 bits per heavy atom. The van der Waals surface area contributed by atoms with E-state index in [9.17, 15) is 22.8 Å².